The molecule has 0 aliphatic rings. The highest BCUT2D eigenvalue weighted by Crippen LogP contribution is 2.24. The number of rotatable bonds is 11. The van der Waals surface area contributed by atoms with Gasteiger partial charge in [-0.25, -0.2) is 4.98 Å². The van der Waals surface area contributed by atoms with Gasteiger partial charge in [-0.2, -0.15) is 9.97 Å². The van der Waals surface area contributed by atoms with Gasteiger partial charge in [0, 0.05) is 26.7 Å². The predicted octanol–water partition coefficient (Wildman–Crippen LogP) is 2.66. The molecular formula is C17H30N6O. The van der Waals surface area contributed by atoms with Gasteiger partial charge in [-0.3, -0.25) is 0 Å². The molecule has 0 spiro atoms. The van der Waals surface area contributed by atoms with Crippen molar-refractivity contribution in [2.24, 2.45) is 0 Å². The zero-order valence-corrected chi connectivity index (χ0v) is 15.1. The van der Waals surface area contributed by atoms with Crippen molar-refractivity contribution in [2.45, 2.75) is 52.5 Å². The Hall–Kier alpha value is -1.89. The molecule has 0 atom stereocenters. The fraction of sp³-hybridized carbons (Fsp3) is 0.706. The summed E-state index contributed by atoms with van der Waals surface area (Å²) in [5.74, 6) is 1.49. The van der Waals surface area contributed by atoms with E-state index in [4.69, 9.17) is 4.98 Å². The lowest BCUT2D eigenvalue weighted by molar-refractivity contribution is 0.277. The molecule has 2 rings (SSSR count). The zero-order chi connectivity index (χ0) is 17.4. The van der Waals surface area contributed by atoms with Crippen LogP contribution >= 0.6 is 0 Å². The van der Waals surface area contributed by atoms with Crippen molar-refractivity contribution < 1.29 is 5.11 Å². The fourth-order valence-corrected chi connectivity index (χ4v) is 2.62. The Morgan fingerprint density at radius 1 is 1.17 bits per heavy atom. The highest BCUT2D eigenvalue weighted by atomic mass is 16.3. The summed E-state index contributed by atoms with van der Waals surface area (Å²) in [7, 11) is 2.04. The Labute approximate surface area is 144 Å². The van der Waals surface area contributed by atoms with Gasteiger partial charge in [-0.1, -0.05) is 33.1 Å². The molecule has 7 heteroatoms. The summed E-state index contributed by atoms with van der Waals surface area (Å²) < 4.78 is 1.88. The molecule has 0 saturated carbocycles. The molecule has 0 saturated heterocycles. The van der Waals surface area contributed by atoms with E-state index in [1.165, 1.54) is 12.8 Å². The largest absolute Gasteiger partial charge is 0.395 e. The van der Waals surface area contributed by atoms with E-state index >= 15 is 0 Å². The maximum Gasteiger partial charge on any atom is 0.226 e. The normalized spacial score (nSPS) is 11.2. The summed E-state index contributed by atoms with van der Waals surface area (Å²) in [6.07, 6.45) is 7.47. The number of hydrogen-bond acceptors (Lipinski definition) is 6. The van der Waals surface area contributed by atoms with Gasteiger partial charge in [0.05, 0.1) is 12.9 Å². The van der Waals surface area contributed by atoms with Crippen LogP contribution < -0.4 is 10.2 Å². The lowest BCUT2D eigenvalue weighted by Gasteiger charge is -2.19. The molecule has 7 nitrogen and oxygen atoms in total. The number of unbranched alkanes of at least 4 members (excludes halogenated alkanes) is 3. The minimum absolute atomic E-state index is 0.0652. The number of hydrogen-bond donors (Lipinski definition) is 2. The van der Waals surface area contributed by atoms with Gasteiger partial charge < -0.3 is 19.9 Å². The first-order valence-corrected chi connectivity index (χ1v) is 9.00. The average molecular weight is 334 g/mol. The van der Waals surface area contributed by atoms with E-state index in [1.807, 2.05) is 11.6 Å². The van der Waals surface area contributed by atoms with Crippen LogP contribution in [0, 0.1) is 0 Å². The van der Waals surface area contributed by atoms with Crippen LogP contribution in [0.25, 0.3) is 11.2 Å². The lowest BCUT2D eigenvalue weighted by Crippen LogP contribution is -2.21. The molecule has 2 N–H and O–H groups in total. The first kappa shape index (κ1) is 18.4. The SMILES string of the molecule is CCCCCNc1nc(N(C)CCCC)c2ncn(CCO)c2n1. The first-order chi connectivity index (χ1) is 11.7. The molecule has 134 valence electrons. The van der Waals surface area contributed by atoms with Crippen molar-refractivity contribution >= 4 is 22.9 Å². The average Bonchev–Trinajstić information content (AvgIpc) is 2.99. The fourth-order valence-electron chi connectivity index (χ4n) is 2.62. The Morgan fingerprint density at radius 2 is 1.96 bits per heavy atom. The molecule has 0 aliphatic carbocycles. The zero-order valence-electron chi connectivity index (χ0n) is 15.1. The van der Waals surface area contributed by atoms with Crippen LogP contribution in [0.5, 0.6) is 0 Å². The Balaban J connectivity index is 2.30. The minimum atomic E-state index is 0.0652. The van der Waals surface area contributed by atoms with Gasteiger partial charge in [0.1, 0.15) is 0 Å². The molecule has 0 radical (unpaired) electrons. The summed E-state index contributed by atoms with van der Waals surface area (Å²) in [5, 5.41) is 12.6. The molecule has 0 aromatic carbocycles. The van der Waals surface area contributed by atoms with Crippen molar-refractivity contribution in [2.75, 3.05) is 37.0 Å². The second-order valence-electron chi connectivity index (χ2n) is 6.11. The van der Waals surface area contributed by atoms with Gasteiger partial charge in [-0.15, -0.1) is 0 Å². The Kier molecular flexibility index (Phi) is 7.24. The molecule has 2 aromatic rings. The lowest BCUT2D eigenvalue weighted by atomic mass is 10.2. The van der Waals surface area contributed by atoms with Crippen LogP contribution in [0.1, 0.15) is 46.0 Å². The maximum atomic E-state index is 9.24. The van der Waals surface area contributed by atoms with E-state index in [0.29, 0.717) is 12.5 Å². The van der Waals surface area contributed by atoms with Crippen LogP contribution in [0.3, 0.4) is 0 Å². The molecule has 0 aliphatic heterocycles. The maximum absolute atomic E-state index is 9.24. The number of imidazole rings is 1. The van der Waals surface area contributed by atoms with Crippen molar-refractivity contribution in [1.82, 2.24) is 19.5 Å². The van der Waals surface area contributed by atoms with Crippen LogP contribution in [0.15, 0.2) is 6.33 Å². The number of aliphatic hydroxyl groups is 1. The monoisotopic (exact) mass is 334 g/mol. The Bertz CT molecular complexity index is 627. The smallest absolute Gasteiger partial charge is 0.226 e. The van der Waals surface area contributed by atoms with Crippen LogP contribution in [-0.2, 0) is 6.54 Å². The van der Waals surface area contributed by atoms with Crippen molar-refractivity contribution in [1.29, 1.82) is 0 Å². The predicted molar refractivity (Wildman–Crippen MR) is 98.6 cm³/mol. The second kappa shape index (κ2) is 9.42. The number of nitrogens with one attached hydrogen (secondary N) is 1. The number of anilines is 2. The molecule has 24 heavy (non-hydrogen) atoms. The summed E-state index contributed by atoms with van der Waals surface area (Å²) in [6, 6.07) is 0. The molecule has 0 bridgehead atoms. The van der Waals surface area contributed by atoms with Gasteiger partial charge in [0.2, 0.25) is 5.95 Å². The third kappa shape index (κ3) is 4.56. The van der Waals surface area contributed by atoms with Gasteiger partial charge in [0.15, 0.2) is 17.0 Å². The number of fused-ring (bicyclic) bond motifs is 1. The minimum Gasteiger partial charge on any atom is -0.395 e. The third-order valence-electron chi connectivity index (χ3n) is 4.06. The molecular weight excluding hydrogens is 304 g/mol. The van der Waals surface area contributed by atoms with Crippen molar-refractivity contribution in [3.8, 4) is 0 Å². The number of nitrogens with zero attached hydrogens (tertiary/aromatic N) is 5. The Morgan fingerprint density at radius 3 is 2.67 bits per heavy atom. The third-order valence-corrected chi connectivity index (χ3v) is 4.06. The van der Waals surface area contributed by atoms with Gasteiger partial charge in [0.25, 0.3) is 0 Å². The quantitative estimate of drug-likeness (QED) is 0.615. The van der Waals surface area contributed by atoms with Crippen molar-refractivity contribution in [3.63, 3.8) is 0 Å². The summed E-state index contributed by atoms with van der Waals surface area (Å²) in [5.41, 5.74) is 1.57. The van der Waals surface area contributed by atoms with Crippen LogP contribution in [0.2, 0.25) is 0 Å². The highest BCUT2D eigenvalue weighted by molar-refractivity contribution is 5.84. The van der Waals surface area contributed by atoms with Crippen molar-refractivity contribution in [3.05, 3.63) is 6.33 Å². The molecule has 0 fully saturated rings. The van der Waals surface area contributed by atoms with E-state index in [0.717, 1.165) is 49.3 Å². The van der Waals surface area contributed by atoms with Gasteiger partial charge >= 0.3 is 0 Å². The second-order valence-corrected chi connectivity index (χ2v) is 6.11. The topological polar surface area (TPSA) is 79.1 Å². The highest BCUT2D eigenvalue weighted by Gasteiger charge is 2.16. The number of aliphatic hydroxyl groups excluding tert-OH is 1. The van der Waals surface area contributed by atoms with E-state index in [2.05, 4.69) is 34.0 Å². The summed E-state index contributed by atoms with van der Waals surface area (Å²) in [4.78, 5) is 15.9. The molecule has 2 heterocycles. The van der Waals surface area contributed by atoms with E-state index in [9.17, 15) is 5.11 Å². The van der Waals surface area contributed by atoms with Gasteiger partial charge in [-0.05, 0) is 12.8 Å². The van der Waals surface area contributed by atoms with E-state index < -0.39 is 0 Å². The standard InChI is InChI=1S/C17H30N6O/c1-4-6-8-9-18-17-20-15(22(3)10-7-5-2)14-16(21-17)23(11-12-24)13-19-14/h13,24H,4-12H2,1-3H3,(H,18,20,21). The molecule has 0 amide bonds. The van der Waals surface area contributed by atoms with Crippen LogP contribution in [-0.4, -0.2) is 51.4 Å². The van der Waals surface area contributed by atoms with E-state index in [-0.39, 0.29) is 6.61 Å². The first-order valence-electron chi connectivity index (χ1n) is 9.00. The molecule has 2 aromatic heterocycles. The number of aromatic nitrogens is 4. The molecule has 0 unspecified atom stereocenters. The summed E-state index contributed by atoms with van der Waals surface area (Å²) in [6.45, 7) is 6.73. The van der Waals surface area contributed by atoms with Crippen LogP contribution in [0.4, 0.5) is 11.8 Å². The van der Waals surface area contributed by atoms with E-state index in [1.54, 1.807) is 6.33 Å². The summed E-state index contributed by atoms with van der Waals surface area (Å²) >= 11 is 0.